The molecule has 0 N–H and O–H groups in total. The van der Waals surface area contributed by atoms with Crippen molar-refractivity contribution < 1.29 is 18.0 Å². The number of hydrogen-bond acceptors (Lipinski definition) is 2. The van der Waals surface area contributed by atoms with E-state index in [9.17, 15) is 18.0 Å². The molecule has 0 aromatic heterocycles. The van der Waals surface area contributed by atoms with Crippen LogP contribution in [-0.4, -0.2) is 22.6 Å². The molecule has 1 aliphatic rings. The van der Waals surface area contributed by atoms with Crippen molar-refractivity contribution >= 4 is 27.4 Å². The first-order valence-electron chi connectivity index (χ1n) is 2.92. The van der Waals surface area contributed by atoms with Crippen molar-refractivity contribution in [2.45, 2.75) is 11.1 Å². The predicted molar refractivity (Wildman–Crippen MR) is 40.4 cm³/mol. The van der Waals surface area contributed by atoms with Crippen LogP contribution < -0.4 is 0 Å². The van der Waals surface area contributed by atoms with E-state index >= 15 is 0 Å². The molecular formula is C6H3BrF3NO. The normalized spacial score (nSPS) is 24.2. The van der Waals surface area contributed by atoms with Crippen molar-refractivity contribution in [2.75, 3.05) is 0 Å². The van der Waals surface area contributed by atoms with Crippen LogP contribution in [0.15, 0.2) is 17.1 Å². The Morgan fingerprint density at radius 2 is 2.00 bits per heavy atom. The number of ketones is 1. The van der Waals surface area contributed by atoms with Gasteiger partial charge in [0.15, 0.2) is 10.7 Å². The number of dihydropyridines is 1. The number of hydrogen-bond donors (Lipinski definition) is 0. The van der Waals surface area contributed by atoms with Gasteiger partial charge in [0.1, 0.15) is 5.71 Å². The summed E-state index contributed by atoms with van der Waals surface area (Å²) in [5, 5.41) is 0. The second-order valence-corrected chi connectivity index (χ2v) is 2.95. The first-order chi connectivity index (χ1) is 5.41. The monoisotopic (exact) mass is 241 g/mol. The Bertz CT molecular complexity index is 268. The van der Waals surface area contributed by atoms with Crippen molar-refractivity contribution in [3.05, 3.63) is 12.2 Å². The van der Waals surface area contributed by atoms with Crippen molar-refractivity contribution in [3.63, 3.8) is 0 Å². The minimum Gasteiger partial charge on any atom is -0.291 e. The Balaban J connectivity index is 2.91. The van der Waals surface area contributed by atoms with E-state index in [0.717, 1.165) is 6.08 Å². The van der Waals surface area contributed by atoms with E-state index in [1.807, 2.05) is 0 Å². The third-order valence-corrected chi connectivity index (χ3v) is 1.84. The highest BCUT2D eigenvalue weighted by Crippen LogP contribution is 2.22. The number of allylic oxidation sites excluding steroid dienone is 1. The topological polar surface area (TPSA) is 29.4 Å². The zero-order valence-electron chi connectivity index (χ0n) is 5.60. The van der Waals surface area contributed by atoms with Crippen LogP contribution in [0.4, 0.5) is 13.2 Å². The van der Waals surface area contributed by atoms with Gasteiger partial charge >= 0.3 is 6.18 Å². The summed E-state index contributed by atoms with van der Waals surface area (Å²) in [6.07, 6.45) is -2.96. The van der Waals surface area contributed by atoms with Crippen LogP contribution in [0, 0.1) is 0 Å². The van der Waals surface area contributed by atoms with E-state index < -0.39 is 22.6 Å². The molecule has 1 atom stereocenters. The summed E-state index contributed by atoms with van der Waals surface area (Å²) in [6.45, 7) is 0. The molecule has 66 valence electrons. The maximum atomic E-state index is 11.9. The number of nitrogens with zero attached hydrogens (tertiary/aromatic N) is 1. The molecule has 0 aromatic rings. The lowest BCUT2D eigenvalue weighted by atomic mass is 10.2. The molecular weight excluding hydrogens is 239 g/mol. The quantitative estimate of drug-likeness (QED) is 0.470. The summed E-state index contributed by atoms with van der Waals surface area (Å²) in [6, 6.07) is 0. The summed E-state index contributed by atoms with van der Waals surface area (Å²) >= 11 is 2.70. The van der Waals surface area contributed by atoms with Crippen LogP contribution in [0.3, 0.4) is 0 Å². The molecule has 12 heavy (non-hydrogen) atoms. The molecule has 0 radical (unpaired) electrons. The molecule has 1 aliphatic heterocycles. The van der Waals surface area contributed by atoms with Crippen molar-refractivity contribution in [1.82, 2.24) is 0 Å². The van der Waals surface area contributed by atoms with E-state index in [4.69, 9.17) is 0 Å². The van der Waals surface area contributed by atoms with Crippen LogP contribution in [0.25, 0.3) is 0 Å². The highest BCUT2D eigenvalue weighted by atomic mass is 79.9. The van der Waals surface area contributed by atoms with Gasteiger partial charge in [0.2, 0.25) is 0 Å². The van der Waals surface area contributed by atoms with E-state index in [1.165, 1.54) is 0 Å². The standard InChI is InChI=1S/C6H3BrF3NO/c7-5-3(12)1-2-4(11-5)6(8,9)10/h1-2,5H. The third-order valence-electron chi connectivity index (χ3n) is 1.18. The molecule has 0 amide bonds. The van der Waals surface area contributed by atoms with Crippen LogP contribution >= 0.6 is 15.9 Å². The molecule has 0 aliphatic carbocycles. The molecule has 0 saturated heterocycles. The average molecular weight is 242 g/mol. The fourth-order valence-electron chi connectivity index (χ4n) is 0.637. The summed E-state index contributed by atoms with van der Waals surface area (Å²) in [5.74, 6) is -0.483. The van der Waals surface area contributed by atoms with E-state index in [2.05, 4.69) is 20.9 Å². The smallest absolute Gasteiger partial charge is 0.291 e. The van der Waals surface area contributed by atoms with Gasteiger partial charge in [-0.3, -0.25) is 9.79 Å². The number of rotatable bonds is 0. The number of carbonyl (C=O) groups is 1. The van der Waals surface area contributed by atoms with Gasteiger partial charge in [-0.2, -0.15) is 13.2 Å². The van der Waals surface area contributed by atoms with Crippen LogP contribution in [-0.2, 0) is 4.79 Å². The number of alkyl halides is 4. The summed E-state index contributed by atoms with van der Waals surface area (Å²) in [4.78, 5) is 12.7. The molecule has 0 spiro atoms. The van der Waals surface area contributed by atoms with Gasteiger partial charge in [-0.1, -0.05) is 15.9 Å². The van der Waals surface area contributed by atoms with Crippen LogP contribution in [0.2, 0.25) is 0 Å². The van der Waals surface area contributed by atoms with Crippen LogP contribution in [0.1, 0.15) is 0 Å². The molecule has 0 fully saturated rings. The zero-order valence-corrected chi connectivity index (χ0v) is 7.19. The van der Waals surface area contributed by atoms with E-state index in [1.54, 1.807) is 0 Å². The first-order valence-corrected chi connectivity index (χ1v) is 3.84. The zero-order chi connectivity index (χ0) is 9.35. The number of aliphatic imine (C=N–C) groups is 1. The van der Waals surface area contributed by atoms with E-state index in [0.29, 0.717) is 6.08 Å². The van der Waals surface area contributed by atoms with Gasteiger partial charge in [-0.15, -0.1) is 0 Å². The fraction of sp³-hybridized carbons (Fsp3) is 0.333. The Morgan fingerprint density at radius 3 is 2.42 bits per heavy atom. The molecule has 1 unspecified atom stereocenters. The Morgan fingerprint density at radius 1 is 1.42 bits per heavy atom. The first kappa shape index (κ1) is 9.44. The molecule has 6 heteroatoms. The fourth-order valence-corrected chi connectivity index (χ4v) is 1.01. The summed E-state index contributed by atoms with van der Waals surface area (Å²) in [7, 11) is 0. The average Bonchev–Trinajstić information content (AvgIpc) is 1.92. The Hall–Kier alpha value is -0.650. The van der Waals surface area contributed by atoms with Crippen LogP contribution in [0.5, 0.6) is 0 Å². The van der Waals surface area contributed by atoms with Crippen molar-refractivity contribution in [3.8, 4) is 0 Å². The second-order valence-electron chi connectivity index (χ2n) is 2.08. The molecule has 1 heterocycles. The van der Waals surface area contributed by atoms with Gasteiger partial charge in [-0.25, -0.2) is 0 Å². The highest BCUT2D eigenvalue weighted by molar-refractivity contribution is 9.10. The lowest BCUT2D eigenvalue weighted by molar-refractivity contribution is -0.114. The van der Waals surface area contributed by atoms with Crippen molar-refractivity contribution in [1.29, 1.82) is 0 Å². The molecule has 0 aromatic carbocycles. The summed E-state index contributed by atoms with van der Waals surface area (Å²) in [5.41, 5.74) is -1.04. The largest absolute Gasteiger partial charge is 0.432 e. The van der Waals surface area contributed by atoms with Gasteiger partial charge in [0.05, 0.1) is 0 Å². The predicted octanol–water partition coefficient (Wildman–Crippen LogP) is 1.85. The number of carbonyl (C=O) groups excluding carboxylic acids is 1. The Labute approximate surface area is 74.3 Å². The molecule has 1 rings (SSSR count). The lowest BCUT2D eigenvalue weighted by Crippen LogP contribution is -2.27. The maximum absolute atomic E-state index is 11.9. The number of halogens is 4. The minimum absolute atomic E-state index is 0.483. The van der Waals surface area contributed by atoms with Gasteiger partial charge < -0.3 is 0 Å². The van der Waals surface area contributed by atoms with E-state index in [-0.39, 0.29) is 0 Å². The third kappa shape index (κ3) is 1.94. The molecule has 2 nitrogen and oxygen atoms in total. The second kappa shape index (κ2) is 3.01. The highest BCUT2D eigenvalue weighted by Gasteiger charge is 2.36. The molecule has 0 saturated carbocycles. The summed E-state index contributed by atoms with van der Waals surface area (Å²) < 4.78 is 35.8. The van der Waals surface area contributed by atoms with Crippen molar-refractivity contribution in [2.24, 2.45) is 4.99 Å². The molecule has 0 bridgehead atoms. The van der Waals surface area contributed by atoms with Gasteiger partial charge in [-0.05, 0) is 12.2 Å². The lowest BCUT2D eigenvalue weighted by Gasteiger charge is -2.11. The Kier molecular flexibility index (Phi) is 2.36. The van der Waals surface area contributed by atoms with Gasteiger partial charge in [0, 0.05) is 0 Å². The maximum Gasteiger partial charge on any atom is 0.432 e. The van der Waals surface area contributed by atoms with Gasteiger partial charge in [0.25, 0.3) is 0 Å². The SMILES string of the molecule is O=C1C=CC(C(F)(F)F)=NC1Br. The minimum atomic E-state index is -4.48.